The number of urea groups is 1. The van der Waals surface area contributed by atoms with Crippen LogP contribution in [0.3, 0.4) is 0 Å². The number of fused-ring (bicyclic) bond motifs is 1. The van der Waals surface area contributed by atoms with Crippen molar-refractivity contribution in [1.82, 2.24) is 14.7 Å². The van der Waals surface area contributed by atoms with Crippen LogP contribution in [0.15, 0.2) is 35.7 Å². The van der Waals surface area contributed by atoms with Gasteiger partial charge in [-0.25, -0.2) is 4.79 Å². The highest BCUT2D eigenvalue weighted by atomic mass is 32.1. The fourth-order valence-corrected chi connectivity index (χ4v) is 6.55. The maximum Gasteiger partial charge on any atom is 0.328 e. The molecule has 0 bridgehead atoms. The zero-order valence-corrected chi connectivity index (χ0v) is 19.7. The predicted octanol–water partition coefficient (Wildman–Crippen LogP) is 3.47. The molecule has 1 aromatic heterocycles. The summed E-state index contributed by atoms with van der Waals surface area (Å²) in [4.78, 5) is 34.7. The molecule has 170 valence electrons. The third kappa shape index (κ3) is 3.56. The van der Waals surface area contributed by atoms with Crippen molar-refractivity contribution >= 4 is 23.3 Å². The minimum Gasteiger partial charge on any atom is -0.383 e. The normalized spacial score (nSPS) is 21.2. The highest BCUT2D eigenvalue weighted by molar-refractivity contribution is 7.10. The topological polar surface area (TPSA) is 53.1 Å². The first-order valence-corrected chi connectivity index (χ1v) is 12.4. The molecule has 0 radical (unpaired) electrons. The lowest BCUT2D eigenvalue weighted by Gasteiger charge is -2.42. The molecule has 2 saturated heterocycles. The summed E-state index contributed by atoms with van der Waals surface area (Å²) in [5.74, 6) is 0.00311. The Hall–Kier alpha value is -2.22. The number of hydrogen-bond acceptors (Lipinski definition) is 5. The Balaban J connectivity index is 1.35. The Bertz CT molecular complexity index is 986. The summed E-state index contributed by atoms with van der Waals surface area (Å²) >= 11 is 1.79. The zero-order valence-electron chi connectivity index (χ0n) is 18.9. The number of methoxy groups -OCH3 is 1. The smallest absolute Gasteiger partial charge is 0.328 e. The number of imide groups is 1. The van der Waals surface area contributed by atoms with Gasteiger partial charge in [0.2, 0.25) is 0 Å². The van der Waals surface area contributed by atoms with Gasteiger partial charge in [-0.3, -0.25) is 14.6 Å². The molecule has 1 aromatic carbocycles. The molecule has 32 heavy (non-hydrogen) atoms. The van der Waals surface area contributed by atoms with Gasteiger partial charge in [0.15, 0.2) is 0 Å². The number of thiophene rings is 1. The number of nitrogens with zero attached hydrogens (tertiary/aromatic N) is 3. The van der Waals surface area contributed by atoms with Gasteiger partial charge in [-0.1, -0.05) is 24.3 Å². The second kappa shape index (κ2) is 8.61. The van der Waals surface area contributed by atoms with E-state index in [1.807, 2.05) is 17.0 Å². The number of aryl methyl sites for hydroxylation is 1. The molecule has 2 aromatic rings. The minimum absolute atomic E-state index is 0.00311. The molecule has 0 unspecified atom stereocenters. The Morgan fingerprint density at radius 1 is 1.09 bits per heavy atom. The van der Waals surface area contributed by atoms with Gasteiger partial charge in [-0.05, 0) is 60.7 Å². The van der Waals surface area contributed by atoms with Crippen molar-refractivity contribution < 1.29 is 14.3 Å². The van der Waals surface area contributed by atoms with Gasteiger partial charge in [0.05, 0.1) is 6.61 Å². The number of hydrogen-bond donors (Lipinski definition) is 0. The number of amides is 3. The van der Waals surface area contributed by atoms with E-state index in [0.29, 0.717) is 26.0 Å². The number of carbonyl (C=O) groups is 2. The summed E-state index contributed by atoms with van der Waals surface area (Å²) in [6.07, 6.45) is 2.88. The molecule has 3 heterocycles. The second-order valence-corrected chi connectivity index (χ2v) is 10.3. The van der Waals surface area contributed by atoms with Gasteiger partial charge < -0.3 is 9.64 Å². The Kier molecular flexibility index (Phi) is 5.82. The summed E-state index contributed by atoms with van der Waals surface area (Å²) in [5, 5.41) is 2.14. The maximum atomic E-state index is 13.9. The molecular formula is C25H31N3O3S. The van der Waals surface area contributed by atoms with Crippen LogP contribution in [-0.4, -0.2) is 71.6 Å². The fraction of sp³-hybridized carbons (Fsp3) is 0.520. The lowest BCUT2D eigenvalue weighted by atomic mass is 9.85. The summed E-state index contributed by atoms with van der Waals surface area (Å²) in [5.41, 5.74) is 3.11. The van der Waals surface area contributed by atoms with Crippen molar-refractivity contribution in [3.05, 3.63) is 57.3 Å². The zero-order chi connectivity index (χ0) is 22.3. The average Bonchev–Trinajstić information content (AvgIpc) is 3.45. The van der Waals surface area contributed by atoms with Crippen molar-refractivity contribution in [3.63, 3.8) is 0 Å². The lowest BCUT2D eigenvalue weighted by molar-refractivity contribution is -0.137. The van der Waals surface area contributed by atoms with E-state index in [9.17, 15) is 9.59 Å². The summed E-state index contributed by atoms with van der Waals surface area (Å²) in [6.45, 7) is 5.61. The first-order valence-electron chi connectivity index (χ1n) is 11.5. The highest BCUT2D eigenvalue weighted by Gasteiger charge is 2.59. The fourth-order valence-electron chi connectivity index (χ4n) is 5.61. The van der Waals surface area contributed by atoms with Crippen LogP contribution >= 0.6 is 11.3 Å². The van der Waals surface area contributed by atoms with Gasteiger partial charge >= 0.3 is 6.03 Å². The standard InChI is InChI=1S/C25H31N3O3S/c1-18-7-14-32-22(18)17-26-10-8-25(9-11-26)23(29)28(24(30)27(25)12-13-31-2)21-15-19-5-3-4-6-20(19)16-21/h3-7,14,21H,8-13,15-17H2,1-2H3. The van der Waals surface area contributed by atoms with Gasteiger partial charge in [-0.15, -0.1) is 11.3 Å². The molecule has 6 nitrogen and oxygen atoms in total. The van der Waals surface area contributed by atoms with E-state index in [4.69, 9.17) is 4.74 Å². The van der Waals surface area contributed by atoms with Crippen molar-refractivity contribution in [1.29, 1.82) is 0 Å². The van der Waals surface area contributed by atoms with Crippen molar-refractivity contribution in [3.8, 4) is 0 Å². The number of ether oxygens (including phenoxy) is 1. The molecule has 7 heteroatoms. The van der Waals surface area contributed by atoms with E-state index in [-0.39, 0.29) is 18.0 Å². The number of benzene rings is 1. The second-order valence-electron chi connectivity index (χ2n) is 9.27. The van der Waals surface area contributed by atoms with Gasteiger partial charge in [0.25, 0.3) is 5.91 Å². The number of likely N-dealkylation sites (tertiary alicyclic amines) is 1. The molecule has 1 aliphatic carbocycles. The first-order chi connectivity index (χ1) is 15.5. The molecule has 5 rings (SSSR count). The van der Waals surface area contributed by atoms with Crippen LogP contribution < -0.4 is 0 Å². The van der Waals surface area contributed by atoms with Crippen molar-refractivity contribution in [2.75, 3.05) is 33.4 Å². The lowest BCUT2D eigenvalue weighted by Crippen LogP contribution is -2.57. The Labute approximate surface area is 193 Å². The summed E-state index contributed by atoms with van der Waals surface area (Å²) < 4.78 is 5.30. The van der Waals surface area contributed by atoms with E-state index in [2.05, 4.69) is 35.4 Å². The van der Waals surface area contributed by atoms with E-state index in [1.165, 1.54) is 21.6 Å². The summed E-state index contributed by atoms with van der Waals surface area (Å²) in [7, 11) is 1.65. The van der Waals surface area contributed by atoms with Crippen LogP contribution in [0.4, 0.5) is 4.79 Å². The quantitative estimate of drug-likeness (QED) is 0.629. The molecule has 2 fully saturated rings. The number of rotatable bonds is 6. The van der Waals surface area contributed by atoms with Crippen LogP contribution in [0, 0.1) is 6.92 Å². The van der Waals surface area contributed by atoms with Crippen LogP contribution in [0.25, 0.3) is 0 Å². The Morgan fingerprint density at radius 2 is 1.78 bits per heavy atom. The van der Waals surface area contributed by atoms with Crippen LogP contribution in [-0.2, 0) is 28.9 Å². The largest absolute Gasteiger partial charge is 0.383 e. The van der Waals surface area contributed by atoms with Gasteiger partial charge in [0.1, 0.15) is 5.54 Å². The monoisotopic (exact) mass is 453 g/mol. The Morgan fingerprint density at radius 3 is 2.38 bits per heavy atom. The third-order valence-corrected chi connectivity index (χ3v) is 8.51. The summed E-state index contributed by atoms with van der Waals surface area (Å²) in [6, 6.07) is 10.2. The molecule has 2 aliphatic heterocycles. The van der Waals surface area contributed by atoms with Gasteiger partial charge in [-0.2, -0.15) is 0 Å². The van der Waals surface area contributed by atoms with Crippen molar-refractivity contribution in [2.45, 2.75) is 50.7 Å². The molecule has 0 atom stereocenters. The first kappa shape index (κ1) is 21.6. The van der Waals surface area contributed by atoms with E-state index in [1.54, 1.807) is 23.3 Å². The number of carbonyl (C=O) groups excluding carboxylic acids is 2. The molecule has 3 aliphatic rings. The van der Waals surface area contributed by atoms with Crippen LogP contribution in [0.2, 0.25) is 0 Å². The van der Waals surface area contributed by atoms with Crippen LogP contribution in [0.5, 0.6) is 0 Å². The maximum absolute atomic E-state index is 13.9. The molecule has 0 N–H and O–H groups in total. The predicted molar refractivity (Wildman–Crippen MR) is 125 cm³/mol. The number of piperidine rings is 1. The SMILES string of the molecule is COCCN1C(=O)N(C2Cc3ccccc3C2)C(=O)C12CCN(Cc1sccc1C)CC2. The molecule has 3 amide bonds. The third-order valence-electron chi connectivity index (χ3n) is 7.50. The molecular weight excluding hydrogens is 422 g/mol. The minimum atomic E-state index is -0.731. The van der Waals surface area contributed by atoms with Crippen molar-refractivity contribution in [2.24, 2.45) is 0 Å². The van der Waals surface area contributed by atoms with Crippen LogP contribution in [0.1, 0.15) is 34.4 Å². The van der Waals surface area contributed by atoms with Gasteiger partial charge in [0, 0.05) is 44.2 Å². The van der Waals surface area contributed by atoms with E-state index >= 15 is 0 Å². The molecule has 1 spiro atoms. The highest BCUT2D eigenvalue weighted by Crippen LogP contribution is 2.40. The molecule has 0 saturated carbocycles. The average molecular weight is 454 g/mol. The van der Waals surface area contributed by atoms with E-state index < -0.39 is 5.54 Å². The van der Waals surface area contributed by atoms with E-state index in [0.717, 1.165) is 32.5 Å².